The highest BCUT2D eigenvalue weighted by molar-refractivity contribution is 6.30. The average molecular weight is 258 g/mol. The van der Waals surface area contributed by atoms with E-state index in [1.54, 1.807) is 0 Å². The first-order valence-corrected chi connectivity index (χ1v) is 6.80. The zero-order chi connectivity index (χ0) is 12.4. The smallest absolute Gasteiger partial charge is 0.0410 e. The Labute approximate surface area is 113 Å². The summed E-state index contributed by atoms with van der Waals surface area (Å²) in [4.78, 5) is 0. The molecule has 1 aliphatic heterocycles. The van der Waals surface area contributed by atoms with E-state index in [0.717, 1.165) is 11.6 Å². The van der Waals surface area contributed by atoms with Crippen LogP contribution in [-0.4, -0.2) is 6.54 Å². The van der Waals surface area contributed by atoms with Crippen LogP contribution in [0.25, 0.3) is 0 Å². The van der Waals surface area contributed by atoms with Crippen molar-refractivity contribution in [2.24, 2.45) is 0 Å². The van der Waals surface area contributed by atoms with Crippen LogP contribution in [0.1, 0.15) is 29.9 Å². The molecule has 0 aliphatic carbocycles. The predicted molar refractivity (Wildman–Crippen MR) is 77.5 cm³/mol. The summed E-state index contributed by atoms with van der Waals surface area (Å²) in [6.45, 7) is 1.04. The lowest BCUT2D eigenvalue weighted by Crippen LogP contribution is -2.01. The first kappa shape index (κ1) is 11.6. The van der Waals surface area contributed by atoms with Crippen molar-refractivity contribution in [2.45, 2.75) is 18.8 Å². The van der Waals surface area contributed by atoms with Crippen LogP contribution >= 0.6 is 11.6 Å². The van der Waals surface area contributed by atoms with Crippen LogP contribution in [0.2, 0.25) is 5.02 Å². The van der Waals surface area contributed by atoms with Crippen molar-refractivity contribution < 1.29 is 0 Å². The summed E-state index contributed by atoms with van der Waals surface area (Å²) >= 11 is 6.15. The molecule has 1 aliphatic rings. The topological polar surface area (TPSA) is 12.0 Å². The minimum Gasteiger partial charge on any atom is -0.385 e. The Kier molecular flexibility index (Phi) is 3.24. The minimum atomic E-state index is 0.454. The average Bonchev–Trinajstić information content (AvgIpc) is 2.61. The third kappa shape index (κ3) is 2.23. The predicted octanol–water partition coefficient (Wildman–Crippen LogP) is 4.68. The van der Waals surface area contributed by atoms with Gasteiger partial charge in [0.2, 0.25) is 0 Å². The van der Waals surface area contributed by atoms with Gasteiger partial charge in [0.15, 0.2) is 0 Å². The second-order valence-corrected chi connectivity index (χ2v) is 5.20. The summed E-state index contributed by atoms with van der Waals surface area (Å²) in [6.07, 6.45) is 2.36. The maximum Gasteiger partial charge on any atom is 0.0410 e. The van der Waals surface area contributed by atoms with Gasteiger partial charge in [-0.1, -0.05) is 41.9 Å². The number of hydrogen-bond acceptors (Lipinski definition) is 1. The Morgan fingerprint density at radius 1 is 1.06 bits per heavy atom. The molecule has 0 saturated carbocycles. The molecule has 0 fully saturated rings. The molecule has 0 saturated heterocycles. The highest BCUT2D eigenvalue weighted by Crippen LogP contribution is 2.37. The van der Waals surface area contributed by atoms with Gasteiger partial charge in [-0.25, -0.2) is 0 Å². The van der Waals surface area contributed by atoms with Crippen molar-refractivity contribution in [3.8, 4) is 0 Å². The van der Waals surface area contributed by atoms with E-state index < -0.39 is 0 Å². The van der Waals surface area contributed by atoms with Gasteiger partial charge in [-0.05, 0) is 42.2 Å². The van der Waals surface area contributed by atoms with Crippen molar-refractivity contribution in [1.82, 2.24) is 0 Å². The molecule has 1 nitrogen and oxygen atoms in total. The summed E-state index contributed by atoms with van der Waals surface area (Å²) in [6, 6.07) is 16.9. The molecule has 0 radical (unpaired) electrons. The second-order valence-electron chi connectivity index (χ2n) is 4.76. The monoisotopic (exact) mass is 257 g/mol. The third-order valence-corrected chi connectivity index (χ3v) is 3.81. The molecule has 1 N–H and O–H groups in total. The van der Waals surface area contributed by atoms with E-state index >= 15 is 0 Å². The Bertz CT molecular complexity index is 536. The lowest BCUT2D eigenvalue weighted by atomic mass is 9.87. The summed E-state index contributed by atoms with van der Waals surface area (Å²) in [5.41, 5.74) is 3.93. The molecule has 0 spiro atoms. The van der Waals surface area contributed by atoms with E-state index in [1.165, 1.54) is 29.7 Å². The fourth-order valence-corrected chi connectivity index (χ4v) is 2.88. The van der Waals surface area contributed by atoms with Crippen LogP contribution < -0.4 is 5.32 Å². The quantitative estimate of drug-likeness (QED) is 0.782. The third-order valence-electron chi connectivity index (χ3n) is 3.58. The van der Waals surface area contributed by atoms with Crippen LogP contribution in [-0.2, 0) is 0 Å². The van der Waals surface area contributed by atoms with Gasteiger partial charge >= 0.3 is 0 Å². The summed E-state index contributed by atoms with van der Waals surface area (Å²) < 4.78 is 0. The number of hydrogen-bond donors (Lipinski definition) is 1. The Balaban J connectivity index is 2.08. The largest absolute Gasteiger partial charge is 0.385 e. The van der Waals surface area contributed by atoms with Gasteiger partial charge in [-0.15, -0.1) is 0 Å². The van der Waals surface area contributed by atoms with Crippen LogP contribution in [0, 0.1) is 0 Å². The first-order valence-electron chi connectivity index (χ1n) is 6.43. The SMILES string of the molecule is Clc1ccc2c(c1)C(c1ccccc1)CCCN2. The molecule has 18 heavy (non-hydrogen) atoms. The molecule has 3 rings (SSSR count). The van der Waals surface area contributed by atoms with E-state index in [9.17, 15) is 0 Å². The normalized spacial score (nSPS) is 18.6. The summed E-state index contributed by atoms with van der Waals surface area (Å²) in [7, 11) is 0. The number of fused-ring (bicyclic) bond motifs is 1. The van der Waals surface area contributed by atoms with Crippen molar-refractivity contribution in [3.63, 3.8) is 0 Å². The number of rotatable bonds is 1. The molecule has 1 atom stereocenters. The molecular formula is C16H16ClN. The van der Waals surface area contributed by atoms with Gasteiger partial charge in [0, 0.05) is 23.2 Å². The van der Waals surface area contributed by atoms with Gasteiger partial charge in [0.05, 0.1) is 0 Å². The van der Waals surface area contributed by atoms with E-state index in [1.807, 2.05) is 6.07 Å². The molecular weight excluding hydrogens is 242 g/mol. The molecule has 0 bridgehead atoms. The maximum absolute atomic E-state index is 6.15. The van der Waals surface area contributed by atoms with E-state index in [4.69, 9.17) is 11.6 Å². The van der Waals surface area contributed by atoms with E-state index in [-0.39, 0.29) is 0 Å². The van der Waals surface area contributed by atoms with Crippen LogP contribution in [0.5, 0.6) is 0 Å². The van der Waals surface area contributed by atoms with Crippen molar-refractivity contribution in [2.75, 3.05) is 11.9 Å². The van der Waals surface area contributed by atoms with Gasteiger partial charge < -0.3 is 5.32 Å². The lowest BCUT2D eigenvalue weighted by Gasteiger charge is -2.18. The van der Waals surface area contributed by atoms with E-state index in [0.29, 0.717) is 5.92 Å². The highest BCUT2D eigenvalue weighted by atomic mass is 35.5. The number of nitrogens with one attached hydrogen (secondary N) is 1. The van der Waals surface area contributed by atoms with Crippen molar-refractivity contribution in [3.05, 3.63) is 64.7 Å². The Hall–Kier alpha value is -1.47. The molecule has 92 valence electrons. The fraction of sp³-hybridized carbons (Fsp3) is 0.250. The van der Waals surface area contributed by atoms with Crippen molar-refractivity contribution in [1.29, 1.82) is 0 Å². The highest BCUT2D eigenvalue weighted by Gasteiger charge is 2.20. The molecule has 0 aromatic heterocycles. The standard InChI is InChI=1S/C16H16ClN/c17-13-8-9-16-15(11-13)14(7-4-10-18-16)12-5-2-1-3-6-12/h1-3,5-6,8-9,11,14,18H,4,7,10H2. The zero-order valence-electron chi connectivity index (χ0n) is 10.2. The minimum absolute atomic E-state index is 0.454. The fourth-order valence-electron chi connectivity index (χ4n) is 2.70. The first-order chi connectivity index (χ1) is 8.84. The number of benzene rings is 2. The number of halogens is 1. The van der Waals surface area contributed by atoms with Crippen molar-refractivity contribution >= 4 is 17.3 Å². The number of anilines is 1. The molecule has 2 aromatic rings. The van der Waals surface area contributed by atoms with Gasteiger partial charge in [0.1, 0.15) is 0 Å². The molecule has 1 heterocycles. The van der Waals surface area contributed by atoms with E-state index in [2.05, 4.69) is 47.8 Å². The van der Waals surface area contributed by atoms with Crippen LogP contribution in [0.15, 0.2) is 48.5 Å². The van der Waals surface area contributed by atoms with Gasteiger partial charge in [0.25, 0.3) is 0 Å². The summed E-state index contributed by atoms with van der Waals surface area (Å²) in [5, 5.41) is 4.31. The second kappa shape index (κ2) is 5.03. The van der Waals surface area contributed by atoms with Crippen LogP contribution in [0.3, 0.4) is 0 Å². The lowest BCUT2D eigenvalue weighted by molar-refractivity contribution is 0.699. The molecule has 2 aromatic carbocycles. The molecule has 0 amide bonds. The maximum atomic E-state index is 6.15. The Morgan fingerprint density at radius 3 is 2.72 bits per heavy atom. The summed E-state index contributed by atoms with van der Waals surface area (Å²) in [5.74, 6) is 0.454. The Morgan fingerprint density at radius 2 is 1.89 bits per heavy atom. The molecule has 1 unspecified atom stereocenters. The zero-order valence-corrected chi connectivity index (χ0v) is 11.0. The van der Waals surface area contributed by atoms with Crippen LogP contribution in [0.4, 0.5) is 5.69 Å². The van der Waals surface area contributed by atoms with Gasteiger partial charge in [-0.2, -0.15) is 0 Å². The van der Waals surface area contributed by atoms with Gasteiger partial charge in [-0.3, -0.25) is 0 Å². The molecule has 2 heteroatoms.